The highest BCUT2D eigenvalue weighted by atomic mass is 16.1. The maximum absolute atomic E-state index is 12.4. The van der Waals surface area contributed by atoms with Gasteiger partial charge >= 0.3 is 0 Å². The van der Waals surface area contributed by atoms with Gasteiger partial charge in [-0.2, -0.15) is 0 Å². The predicted octanol–water partition coefficient (Wildman–Crippen LogP) is 3.52. The Balaban J connectivity index is 2.91. The van der Waals surface area contributed by atoms with Crippen molar-refractivity contribution >= 4 is 11.6 Å². The predicted molar refractivity (Wildman–Crippen MR) is 84.2 cm³/mol. The molecule has 1 heterocycles. The summed E-state index contributed by atoms with van der Waals surface area (Å²) in [6, 6.07) is 1.93. The maximum atomic E-state index is 12.4. The Labute approximate surface area is 122 Å². The lowest BCUT2D eigenvalue weighted by atomic mass is 9.98. The van der Waals surface area contributed by atoms with Gasteiger partial charge in [0.2, 0.25) is 0 Å². The van der Waals surface area contributed by atoms with Gasteiger partial charge in [-0.25, -0.2) is 0 Å². The van der Waals surface area contributed by atoms with Crippen LogP contribution in [0, 0.1) is 6.92 Å². The van der Waals surface area contributed by atoms with Crippen LogP contribution in [0.3, 0.4) is 0 Å². The number of amides is 1. The maximum Gasteiger partial charge on any atom is 0.255 e. The van der Waals surface area contributed by atoms with E-state index in [4.69, 9.17) is 0 Å². The fourth-order valence-corrected chi connectivity index (χ4v) is 2.21. The second-order valence-electron chi connectivity index (χ2n) is 5.89. The number of rotatable bonds is 7. The molecular formula is C16H27N3O. The minimum atomic E-state index is -0.196. The van der Waals surface area contributed by atoms with Crippen molar-refractivity contribution in [2.75, 3.05) is 11.9 Å². The van der Waals surface area contributed by atoms with Crippen LogP contribution in [0.2, 0.25) is 0 Å². The average molecular weight is 277 g/mol. The molecule has 0 saturated heterocycles. The van der Waals surface area contributed by atoms with Gasteiger partial charge < -0.3 is 10.6 Å². The van der Waals surface area contributed by atoms with Crippen LogP contribution < -0.4 is 10.6 Å². The Morgan fingerprint density at radius 2 is 2.00 bits per heavy atom. The fourth-order valence-electron chi connectivity index (χ4n) is 2.21. The van der Waals surface area contributed by atoms with Gasteiger partial charge in [-0.15, -0.1) is 0 Å². The molecule has 20 heavy (non-hydrogen) atoms. The van der Waals surface area contributed by atoms with Crippen LogP contribution in [0.4, 0.5) is 5.69 Å². The largest absolute Gasteiger partial charge is 0.384 e. The summed E-state index contributed by atoms with van der Waals surface area (Å²) >= 11 is 0. The monoisotopic (exact) mass is 277 g/mol. The molecule has 0 aliphatic carbocycles. The van der Waals surface area contributed by atoms with E-state index >= 15 is 0 Å². The van der Waals surface area contributed by atoms with Crippen molar-refractivity contribution in [3.63, 3.8) is 0 Å². The molecule has 0 aliphatic rings. The number of aromatic nitrogens is 1. The molecule has 0 spiro atoms. The molecule has 0 unspecified atom stereocenters. The third-order valence-electron chi connectivity index (χ3n) is 3.18. The molecule has 4 heteroatoms. The average Bonchev–Trinajstić information content (AvgIpc) is 2.35. The molecular weight excluding hydrogens is 250 g/mol. The molecule has 2 N–H and O–H groups in total. The number of nitrogens with one attached hydrogen (secondary N) is 2. The van der Waals surface area contributed by atoms with Crippen molar-refractivity contribution in [1.82, 2.24) is 10.3 Å². The normalized spacial score (nSPS) is 11.2. The zero-order valence-electron chi connectivity index (χ0n) is 13.3. The van der Waals surface area contributed by atoms with Crippen LogP contribution in [-0.4, -0.2) is 23.0 Å². The Hall–Kier alpha value is -1.58. The minimum absolute atomic E-state index is 0.0606. The number of hydrogen-bond donors (Lipinski definition) is 2. The number of hydrogen-bond acceptors (Lipinski definition) is 3. The van der Waals surface area contributed by atoms with E-state index in [0.29, 0.717) is 5.56 Å². The summed E-state index contributed by atoms with van der Waals surface area (Å²) in [6.45, 7) is 11.1. The van der Waals surface area contributed by atoms with E-state index in [1.807, 2.05) is 13.0 Å². The molecule has 1 aromatic rings. The standard InChI is InChI=1S/C16H27N3O/c1-6-8-16(4,5)19-15(20)13-11-18-12(3)10-14(13)17-9-7-2/h10-11H,6-9H2,1-5H3,(H,17,18)(H,19,20). The third kappa shape index (κ3) is 4.83. The van der Waals surface area contributed by atoms with Gasteiger partial charge in [-0.05, 0) is 39.7 Å². The number of aryl methyl sites for hydroxylation is 1. The van der Waals surface area contributed by atoms with Gasteiger partial charge in [0, 0.05) is 24.0 Å². The number of anilines is 1. The first-order chi connectivity index (χ1) is 9.39. The van der Waals surface area contributed by atoms with Gasteiger partial charge in [0.05, 0.1) is 11.3 Å². The Kier molecular flexibility index (Phi) is 5.99. The van der Waals surface area contributed by atoms with Crippen LogP contribution in [0.5, 0.6) is 0 Å². The number of nitrogens with zero attached hydrogens (tertiary/aromatic N) is 1. The van der Waals surface area contributed by atoms with Crippen LogP contribution in [0.15, 0.2) is 12.3 Å². The van der Waals surface area contributed by atoms with Crippen molar-refractivity contribution in [2.45, 2.75) is 59.4 Å². The van der Waals surface area contributed by atoms with Gasteiger partial charge in [-0.1, -0.05) is 20.3 Å². The quantitative estimate of drug-likeness (QED) is 0.801. The first-order valence-electron chi connectivity index (χ1n) is 7.42. The molecule has 1 amide bonds. The van der Waals surface area contributed by atoms with E-state index in [1.54, 1.807) is 6.20 Å². The lowest BCUT2D eigenvalue weighted by Gasteiger charge is -2.26. The summed E-state index contributed by atoms with van der Waals surface area (Å²) in [5.74, 6) is -0.0606. The SMILES string of the molecule is CCCNc1cc(C)ncc1C(=O)NC(C)(C)CCC. The lowest BCUT2D eigenvalue weighted by Crippen LogP contribution is -2.43. The second kappa shape index (κ2) is 7.27. The first kappa shape index (κ1) is 16.5. The Morgan fingerprint density at radius 1 is 1.30 bits per heavy atom. The summed E-state index contributed by atoms with van der Waals surface area (Å²) in [7, 11) is 0. The molecule has 112 valence electrons. The van der Waals surface area contributed by atoms with Crippen molar-refractivity contribution in [2.24, 2.45) is 0 Å². The highest BCUT2D eigenvalue weighted by Gasteiger charge is 2.22. The number of carbonyl (C=O) groups excluding carboxylic acids is 1. The van der Waals surface area contributed by atoms with Crippen molar-refractivity contribution in [1.29, 1.82) is 0 Å². The molecule has 0 fully saturated rings. The van der Waals surface area contributed by atoms with Crippen molar-refractivity contribution < 1.29 is 4.79 Å². The summed E-state index contributed by atoms with van der Waals surface area (Å²) in [4.78, 5) is 16.7. The van der Waals surface area contributed by atoms with Crippen LogP contribution >= 0.6 is 0 Å². The molecule has 0 aromatic carbocycles. The molecule has 1 aromatic heterocycles. The van der Waals surface area contributed by atoms with Crippen molar-refractivity contribution in [3.8, 4) is 0 Å². The molecule has 0 aliphatic heterocycles. The fraction of sp³-hybridized carbons (Fsp3) is 0.625. The third-order valence-corrected chi connectivity index (χ3v) is 3.18. The highest BCUT2D eigenvalue weighted by Crippen LogP contribution is 2.18. The smallest absolute Gasteiger partial charge is 0.255 e. The van der Waals surface area contributed by atoms with E-state index in [2.05, 4.69) is 43.3 Å². The molecule has 1 rings (SSSR count). The summed E-state index contributed by atoms with van der Waals surface area (Å²) < 4.78 is 0. The summed E-state index contributed by atoms with van der Waals surface area (Å²) in [6.07, 6.45) is 4.67. The Bertz CT molecular complexity index is 455. The zero-order valence-corrected chi connectivity index (χ0v) is 13.3. The molecule has 4 nitrogen and oxygen atoms in total. The molecule has 0 bridgehead atoms. The van der Waals surface area contributed by atoms with Crippen LogP contribution in [0.25, 0.3) is 0 Å². The second-order valence-corrected chi connectivity index (χ2v) is 5.89. The molecule has 0 atom stereocenters. The van der Waals surface area contributed by atoms with E-state index in [1.165, 1.54) is 0 Å². The van der Waals surface area contributed by atoms with Crippen molar-refractivity contribution in [3.05, 3.63) is 23.5 Å². The van der Waals surface area contributed by atoms with E-state index in [0.717, 1.165) is 37.2 Å². The van der Waals surface area contributed by atoms with E-state index in [9.17, 15) is 4.79 Å². The number of pyridine rings is 1. The van der Waals surface area contributed by atoms with E-state index in [-0.39, 0.29) is 11.4 Å². The molecule has 0 saturated carbocycles. The van der Waals surface area contributed by atoms with Gasteiger partial charge in [0.25, 0.3) is 5.91 Å². The van der Waals surface area contributed by atoms with Gasteiger partial charge in [0.1, 0.15) is 0 Å². The van der Waals surface area contributed by atoms with Crippen LogP contribution in [0.1, 0.15) is 63.0 Å². The van der Waals surface area contributed by atoms with Crippen LogP contribution in [-0.2, 0) is 0 Å². The lowest BCUT2D eigenvalue weighted by molar-refractivity contribution is 0.0909. The topological polar surface area (TPSA) is 54.0 Å². The van der Waals surface area contributed by atoms with E-state index < -0.39 is 0 Å². The molecule has 0 radical (unpaired) electrons. The Morgan fingerprint density at radius 3 is 2.60 bits per heavy atom. The summed E-state index contributed by atoms with van der Waals surface area (Å²) in [5, 5.41) is 6.39. The number of carbonyl (C=O) groups is 1. The van der Waals surface area contributed by atoms with Gasteiger partial charge in [-0.3, -0.25) is 9.78 Å². The zero-order chi connectivity index (χ0) is 15.2. The minimum Gasteiger partial charge on any atom is -0.384 e. The first-order valence-corrected chi connectivity index (χ1v) is 7.42. The highest BCUT2D eigenvalue weighted by molar-refractivity contribution is 5.99. The summed E-state index contributed by atoms with van der Waals surface area (Å²) in [5.41, 5.74) is 2.20. The van der Waals surface area contributed by atoms with Gasteiger partial charge in [0.15, 0.2) is 0 Å².